The molecule has 7 rings (SSSR count). The Balaban J connectivity index is 1.12. The average molecular weight is 726 g/mol. The number of rotatable bonds is 8. The molecule has 3 atom stereocenters. The highest BCUT2D eigenvalue weighted by Gasteiger charge is 2.37. The summed E-state index contributed by atoms with van der Waals surface area (Å²) >= 11 is 4.15. The molecule has 0 fully saturated rings. The third kappa shape index (κ3) is 7.35. The minimum atomic E-state index is -0.710. The van der Waals surface area contributed by atoms with Crippen LogP contribution in [-0.2, 0) is 4.79 Å². The molecule has 5 aromatic rings. The summed E-state index contributed by atoms with van der Waals surface area (Å²) < 4.78 is 0. The summed E-state index contributed by atoms with van der Waals surface area (Å²) in [4.78, 5) is 45.1. The summed E-state index contributed by atoms with van der Waals surface area (Å²) in [7, 11) is 0. The van der Waals surface area contributed by atoms with Gasteiger partial charge in [-0.15, -0.1) is 34.9 Å². The van der Waals surface area contributed by atoms with Gasteiger partial charge in [-0.2, -0.15) is 5.26 Å². The topological polar surface area (TPSA) is 114 Å². The van der Waals surface area contributed by atoms with Crippen LogP contribution in [0.15, 0.2) is 143 Å². The fourth-order valence-corrected chi connectivity index (χ4v) is 9.33. The number of thioether (sulfide) groups is 2. The first-order valence-electron chi connectivity index (χ1n) is 16.1. The number of nitriles is 1. The van der Waals surface area contributed by atoms with Gasteiger partial charge in [0.05, 0.1) is 27.4 Å². The molecule has 1 aliphatic heterocycles. The lowest BCUT2D eigenvalue weighted by atomic mass is 10.1. The quantitative estimate of drug-likeness (QED) is 0.137. The number of para-hydroxylation sites is 2. The van der Waals surface area contributed by atoms with E-state index in [0.717, 1.165) is 32.4 Å². The molecular weight excluding hydrogens is 695 g/mol. The number of benzene rings is 4. The first kappa shape index (κ1) is 33.9. The largest absolute Gasteiger partial charge is 0.326 e. The predicted octanol–water partition coefficient (Wildman–Crippen LogP) is 9.66. The van der Waals surface area contributed by atoms with E-state index in [1.165, 1.54) is 11.8 Å². The number of anilines is 4. The minimum absolute atomic E-state index is 0.102. The molecule has 4 aromatic carbocycles. The number of carbonyl (C=O) groups is 3. The molecule has 8 nitrogen and oxygen atoms in total. The van der Waals surface area contributed by atoms with Gasteiger partial charge in [0.15, 0.2) is 0 Å². The molecule has 11 heteroatoms. The number of thiophene rings is 1. The number of carbonyl (C=O) groups excluding carboxylic acids is 3. The van der Waals surface area contributed by atoms with Crippen molar-refractivity contribution in [2.45, 2.75) is 33.3 Å². The van der Waals surface area contributed by atoms with Crippen molar-refractivity contribution in [3.63, 3.8) is 0 Å². The zero-order chi connectivity index (χ0) is 35.3. The van der Waals surface area contributed by atoms with Crippen molar-refractivity contribution in [1.82, 2.24) is 0 Å². The third-order valence-corrected chi connectivity index (χ3v) is 12.1. The lowest BCUT2D eigenvalue weighted by Gasteiger charge is -2.40. The van der Waals surface area contributed by atoms with Crippen molar-refractivity contribution in [2.24, 2.45) is 0 Å². The SMILES string of the molecule is Cc1c(C(=O)Nc2ccccc2)sc(NC(=O)C(Sc2cccc(NC(=O)N3c4ccccc4SC4C=CC=CC43)c2)c2ccccc2)c1C#N. The van der Waals surface area contributed by atoms with Crippen LogP contribution < -0.4 is 20.9 Å². The van der Waals surface area contributed by atoms with E-state index in [4.69, 9.17) is 0 Å². The molecule has 0 spiro atoms. The maximum Gasteiger partial charge on any atom is 0.326 e. The minimum Gasteiger partial charge on any atom is -0.321 e. The van der Waals surface area contributed by atoms with Gasteiger partial charge in [-0.05, 0) is 60.5 Å². The van der Waals surface area contributed by atoms with Gasteiger partial charge in [-0.1, -0.05) is 91.0 Å². The van der Waals surface area contributed by atoms with Crippen molar-refractivity contribution in [3.8, 4) is 6.07 Å². The van der Waals surface area contributed by atoms with Gasteiger partial charge < -0.3 is 16.0 Å². The van der Waals surface area contributed by atoms with Gasteiger partial charge >= 0.3 is 6.03 Å². The van der Waals surface area contributed by atoms with E-state index in [2.05, 4.69) is 28.1 Å². The van der Waals surface area contributed by atoms with Crippen molar-refractivity contribution >= 4 is 74.8 Å². The number of hydrogen-bond donors (Lipinski definition) is 3. The molecule has 3 N–H and O–H groups in total. The molecule has 2 aliphatic rings. The van der Waals surface area contributed by atoms with Gasteiger partial charge in [0.2, 0.25) is 5.91 Å². The third-order valence-electron chi connectivity index (χ3n) is 8.37. The first-order chi connectivity index (χ1) is 24.9. The Morgan fingerprint density at radius 2 is 1.53 bits per heavy atom. The van der Waals surface area contributed by atoms with Crippen LogP contribution in [0.3, 0.4) is 0 Å². The molecule has 1 aromatic heterocycles. The average Bonchev–Trinajstić information content (AvgIpc) is 3.47. The predicted molar refractivity (Wildman–Crippen MR) is 208 cm³/mol. The Morgan fingerprint density at radius 3 is 2.31 bits per heavy atom. The van der Waals surface area contributed by atoms with Gasteiger partial charge in [-0.25, -0.2) is 4.79 Å². The molecule has 0 radical (unpaired) electrons. The second-order valence-corrected chi connectivity index (χ2v) is 15.1. The Kier molecular flexibility index (Phi) is 10.1. The fraction of sp³-hybridized carbons (Fsp3) is 0.100. The van der Waals surface area contributed by atoms with Crippen LogP contribution in [-0.4, -0.2) is 29.1 Å². The van der Waals surface area contributed by atoms with E-state index in [1.54, 1.807) is 35.7 Å². The number of hydrogen-bond acceptors (Lipinski definition) is 7. The van der Waals surface area contributed by atoms with Gasteiger partial charge in [0.1, 0.15) is 16.3 Å². The molecular formula is C40H31N5O3S3. The maximum absolute atomic E-state index is 14.1. The molecule has 252 valence electrons. The molecule has 0 saturated heterocycles. The van der Waals surface area contributed by atoms with Crippen LogP contribution in [0.4, 0.5) is 26.9 Å². The Morgan fingerprint density at radius 1 is 0.824 bits per heavy atom. The molecule has 3 unspecified atom stereocenters. The summed E-state index contributed by atoms with van der Waals surface area (Å²) in [5.74, 6) is -0.703. The molecule has 0 saturated carbocycles. The number of nitrogens with zero attached hydrogens (tertiary/aromatic N) is 2. The number of allylic oxidation sites excluding steroid dienone is 2. The van der Waals surface area contributed by atoms with Gasteiger partial charge in [0, 0.05) is 21.2 Å². The number of fused-ring (bicyclic) bond motifs is 2. The zero-order valence-corrected chi connectivity index (χ0v) is 29.7. The van der Waals surface area contributed by atoms with E-state index in [9.17, 15) is 19.6 Å². The highest BCUT2D eigenvalue weighted by molar-refractivity contribution is 8.00. The first-order valence-corrected chi connectivity index (χ1v) is 18.7. The number of urea groups is 1. The number of amides is 4. The summed E-state index contributed by atoms with van der Waals surface area (Å²) in [5, 5.41) is 18.6. The lowest BCUT2D eigenvalue weighted by Crippen LogP contribution is -2.49. The standard InChI is InChI=1S/C40H31N5O3S3/c1-25-30(24-41)39(51-35(25)37(46)42-27-15-6-3-7-16-27)44-38(47)36(26-13-4-2-5-14-26)49-29-18-12-17-28(23-29)43-40(48)45-31-19-8-10-21-33(31)50-34-22-11-9-20-32(34)45/h2-23,31,33,36H,1H3,(H,42,46)(H,43,48)(H,44,47). The molecule has 0 bridgehead atoms. The van der Waals surface area contributed by atoms with Crippen molar-refractivity contribution in [3.05, 3.63) is 155 Å². The van der Waals surface area contributed by atoms with E-state index >= 15 is 0 Å². The monoisotopic (exact) mass is 725 g/mol. The summed E-state index contributed by atoms with van der Waals surface area (Å²) in [5.41, 5.74) is 3.58. The molecule has 2 heterocycles. The van der Waals surface area contributed by atoms with E-state index in [-0.39, 0.29) is 34.7 Å². The van der Waals surface area contributed by atoms with Crippen LogP contribution in [0.25, 0.3) is 0 Å². The van der Waals surface area contributed by atoms with Gasteiger partial charge in [0.25, 0.3) is 5.91 Å². The van der Waals surface area contributed by atoms with Crippen LogP contribution in [0.1, 0.15) is 31.6 Å². The Bertz CT molecular complexity index is 2210. The zero-order valence-electron chi connectivity index (χ0n) is 27.3. The normalized spacial score (nSPS) is 16.3. The van der Waals surface area contributed by atoms with Crippen LogP contribution >= 0.6 is 34.9 Å². The van der Waals surface area contributed by atoms with Crippen molar-refractivity contribution in [1.29, 1.82) is 5.26 Å². The summed E-state index contributed by atoms with van der Waals surface area (Å²) in [6.07, 6.45) is 8.16. The Hall–Kier alpha value is -5.54. The van der Waals surface area contributed by atoms with Gasteiger partial charge in [-0.3, -0.25) is 14.5 Å². The fourth-order valence-electron chi connectivity index (χ4n) is 5.93. The number of nitrogens with one attached hydrogen (secondary N) is 3. The highest BCUT2D eigenvalue weighted by atomic mass is 32.2. The van der Waals surface area contributed by atoms with Crippen LogP contribution in [0.5, 0.6) is 0 Å². The smallest absolute Gasteiger partial charge is 0.321 e. The lowest BCUT2D eigenvalue weighted by molar-refractivity contribution is -0.115. The van der Waals surface area contributed by atoms with Crippen LogP contribution in [0.2, 0.25) is 0 Å². The maximum atomic E-state index is 14.1. The van der Waals surface area contributed by atoms with Crippen molar-refractivity contribution < 1.29 is 14.4 Å². The highest BCUT2D eigenvalue weighted by Crippen LogP contribution is 2.44. The van der Waals surface area contributed by atoms with Crippen molar-refractivity contribution in [2.75, 3.05) is 20.9 Å². The van der Waals surface area contributed by atoms with Crippen LogP contribution in [0, 0.1) is 18.3 Å². The molecule has 51 heavy (non-hydrogen) atoms. The second-order valence-electron chi connectivity index (χ2n) is 11.7. The molecule has 4 amide bonds. The Labute approximate surface area is 308 Å². The van der Waals surface area contributed by atoms with E-state index in [1.807, 2.05) is 115 Å². The molecule has 1 aliphatic carbocycles. The summed E-state index contributed by atoms with van der Waals surface area (Å²) in [6, 6.07) is 35.5. The summed E-state index contributed by atoms with van der Waals surface area (Å²) in [6.45, 7) is 1.70. The van der Waals surface area contributed by atoms with E-state index in [0.29, 0.717) is 26.8 Å². The van der Waals surface area contributed by atoms with E-state index < -0.39 is 5.25 Å². The second kappa shape index (κ2) is 15.1.